The van der Waals surface area contributed by atoms with Gasteiger partial charge in [0, 0.05) is 25.7 Å². The van der Waals surface area contributed by atoms with Gasteiger partial charge in [0.2, 0.25) is 0 Å². The summed E-state index contributed by atoms with van der Waals surface area (Å²) < 4.78 is 68.6. The molecule has 5 unspecified atom stereocenters. The highest BCUT2D eigenvalue weighted by molar-refractivity contribution is 7.47. The van der Waals surface area contributed by atoms with Gasteiger partial charge >= 0.3 is 39.5 Å². The molecule has 0 aliphatic heterocycles. The third-order valence-corrected chi connectivity index (χ3v) is 18.4. The van der Waals surface area contributed by atoms with E-state index < -0.39 is 97.5 Å². The number of phosphoric ester groups is 2. The Labute approximate surface area is 666 Å². The van der Waals surface area contributed by atoms with E-state index >= 15 is 0 Å². The highest BCUT2D eigenvalue weighted by Crippen LogP contribution is 2.45. The molecule has 19 heteroatoms. The van der Waals surface area contributed by atoms with Gasteiger partial charge in [-0.05, 0) is 173 Å². The second-order valence-corrected chi connectivity index (χ2v) is 29.8. The summed E-state index contributed by atoms with van der Waals surface area (Å²) >= 11 is 0. The molecule has 0 aliphatic carbocycles. The zero-order chi connectivity index (χ0) is 80.3. The van der Waals surface area contributed by atoms with Gasteiger partial charge in [0.1, 0.15) is 19.3 Å². The first-order chi connectivity index (χ1) is 53.7. The minimum absolute atomic E-state index is 0.0259. The summed E-state index contributed by atoms with van der Waals surface area (Å²) in [5.74, 6) is -2.35. The number of aliphatic hydroxyl groups excluding tert-OH is 1. The van der Waals surface area contributed by atoms with Gasteiger partial charge in [-0.2, -0.15) is 0 Å². The van der Waals surface area contributed by atoms with Crippen molar-refractivity contribution < 1.29 is 80.2 Å². The van der Waals surface area contributed by atoms with Crippen LogP contribution in [0.2, 0.25) is 0 Å². The maximum absolute atomic E-state index is 13.1. The van der Waals surface area contributed by atoms with E-state index in [1.54, 1.807) is 0 Å². The van der Waals surface area contributed by atoms with E-state index in [0.29, 0.717) is 32.1 Å². The number of allylic oxidation sites excluding steroid dienone is 32. The third-order valence-electron chi connectivity index (χ3n) is 16.5. The molecule has 0 amide bonds. The Bertz CT molecular complexity index is 2850. The summed E-state index contributed by atoms with van der Waals surface area (Å²) in [6, 6.07) is 0. The van der Waals surface area contributed by atoms with E-state index in [9.17, 15) is 43.2 Å². The number of hydrogen-bond acceptors (Lipinski definition) is 15. The zero-order valence-corrected chi connectivity index (χ0v) is 69.9. The van der Waals surface area contributed by atoms with Crippen molar-refractivity contribution in [2.24, 2.45) is 0 Å². The summed E-state index contributed by atoms with van der Waals surface area (Å²) in [4.78, 5) is 73.2. The summed E-state index contributed by atoms with van der Waals surface area (Å²) in [7, 11) is -10.0. The van der Waals surface area contributed by atoms with Gasteiger partial charge in [-0.15, -0.1) is 0 Å². The predicted molar refractivity (Wildman–Crippen MR) is 454 cm³/mol. The van der Waals surface area contributed by atoms with Gasteiger partial charge in [0.05, 0.1) is 26.4 Å². The van der Waals surface area contributed by atoms with Crippen molar-refractivity contribution in [3.05, 3.63) is 194 Å². The van der Waals surface area contributed by atoms with E-state index in [-0.39, 0.29) is 25.7 Å². The topological polar surface area (TPSA) is 237 Å². The van der Waals surface area contributed by atoms with Crippen LogP contribution in [0.4, 0.5) is 0 Å². The Morgan fingerprint density at radius 1 is 0.264 bits per heavy atom. The van der Waals surface area contributed by atoms with Crippen molar-refractivity contribution in [3.63, 3.8) is 0 Å². The van der Waals surface area contributed by atoms with Crippen LogP contribution in [-0.2, 0) is 65.4 Å². The van der Waals surface area contributed by atoms with Crippen LogP contribution in [0, 0.1) is 0 Å². The Balaban J connectivity index is 5.51. The largest absolute Gasteiger partial charge is 0.472 e. The number of unbranched alkanes of at least 4 members (excludes halogenated alkanes) is 18. The van der Waals surface area contributed by atoms with E-state index in [1.165, 1.54) is 19.3 Å². The fraction of sp³-hybridized carbons (Fsp3) is 0.604. The van der Waals surface area contributed by atoms with E-state index in [4.69, 9.17) is 37.0 Å². The van der Waals surface area contributed by atoms with Gasteiger partial charge in [0.15, 0.2) is 12.2 Å². The Kier molecular flexibility index (Phi) is 76.4. The number of carbonyl (C=O) groups excluding carboxylic acids is 4. The molecule has 0 spiro atoms. The normalized spacial score (nSPS) is 14.8. The average Bonchev–Trinajstić information content (AvgIpc) is 0.906. The summed E-state index contributed by atoms with van der Waals surface area (Å²) in [6.45, 7) is 4.35. The molecule has 0 aromatic carbocycles. The lowest BCUT2D eigenvalue weighted by molar-refractivity contribution is -0.161. The van der Waals surface area contributed by atoms with Gasteiger partial charge in [0.25, 0.3) is 0 Å². The minimum Gasteiger partial charge on any atom is -0.462 e. The molecular formula is C91H146O17P2. The molecule has 0 fully saturated rings. The molecule has 5 atom stereocenters. The molecule has 3 N–H and O–H groups in total. The Hall–Kier alpha value is -6.10. The number of aliphatic hydroxyl groups is 1. The van der Waals surface area contributed by atoms with Crippen molar-refractivity contribution in [2.75, 3.05) is 39.6 Å². The summed E-state index contributed by atoms with van der Waals surface area (Å²) in [5.41, 5.74) is 0. The molecular weight excluding hydrogens is 1430 g/mol. The summed E-state index contributed by atoms with van der Waals surface area (Å²) in [5, 5.41) is 10.7. The number of ether oxygens (including phenoxy) is 4. The van der Waals surface area contributed by atoms with Crippen molar-refractivity contribution in [1.82, 2.24) is 0 Å². The van der Waals surface area contributed by atoms with Crippen LogP contribution in [0.1, 0.15) is 297 Å². The molecule has 0 rings (SSSR count). The van der Waals surface area contributed by atoms with Gasteiger partial charge in [-0.25, -0.2) is 9.13 Å². The maximum Gasteiger partial charge on any atom is 0.472 e. The van der Waals surface area contributed by atoms with E-state index in [2.05, 4.69) is 204 Å². The first-order valence-corrected chi connectivity index (χ1v) is 44.7. The predicted octanol–water partition coefficient (Wildman–Crippen LogP) is 24.9. The lowest BCUT2D eigenvalue weighted by atomic mass is 10.1. The molecule has 0 aromatic rings. The fourth-order valence-corrected chi connectivity index (χ4v) is 11.9. The standard InChI is InChI=1S/C91H146O17P2/c1-5-9-13-17-21-25-29-33-37-40-42-45-48-51-55-59-63-67-71-75-88(93)101-81-86(107-90(95)77-73-69-65-61-57-53-47-36-32-28-24-20-16-12-8-4)83-105-109(97,98)103-79-85(92)80-104-110(99,100)106-84-87(108-91(96)78-74-70-66-62-58-54-50-44-39-35-31-27-23-19-15-11-7-3)82-102-89(94)76-72-68-64-60-56-52-49-46-43-41-38-34-30-26-22-18-14-10-6-2/h9-11,13-15,21-28,33-39,42-43,45-47,51-52,55-56,64,68,85-87,92H,5-8,12,16-20,29-32,40-41,44,48-50,53-54,57-63,65-67,69-84H2,1-4H3,(H,97,98)(H,99,100)/b13-9-,14-10-,15-11-,25-21-,26-22-,27-23-,28-24-,37-33-,38-34-,39-35-,45-42-,46-43-,47-36-,55-51-,56-52-,68-64-. The molecule has 0 radical (unpaired) electrons. The molecule has 0 bridgehead atoms. The van der Waals surface area contributed by atoms with E-state index in [1.807, 2.05) is 18.2 Å². The van der Waals surface area contributed by atoms with Gasteiger partial charge < -0.3 is 33.8 Å². The second kappa shape index (κ2) is 80.9. The van der Waals surface area contributed by atoms with Crippen molar-refractivity contribution in [3.8, 4) is 0 Å². The van der Waals surface area contributed by atoms with Crippen LogP contribution < -0.4 is 0 Å². The molecule has 0 heterocycles. The SMILES string of the molecule is CC/C=C\C/C=C\C/C=C\C/C=C\C/C=C\C/C=C\CCC(=O)OCC(COP(=O)(O)OCC(O)COP(=O)(O)OCC(COC(=O)CCCCC/C=C\C/C=C\C/C=C\C/C=C\C/C=C\CC)OC(=O)CCCCCCC/C=C\C/C=C\CCCCC)OC(=O)CCCCCCCCC/C=C\C/C=C\C/C=C\CC. The maximum atomic E-state index is 13.1. The number of phosphoric acid groups is 2. The Morgan fingerprint density at radius 3 is 0.791 bits per heavy atom. The molecule has 622 valence electrons. The molecule has 0 aromatic heterocycles. The van der Waals surface area contributed by atoms with Crippen LogP contribution >= 0.6 is 15.6 Å². The number of carbonyl (C=O) groups is 4. The molecule has 0 aliphatic rings. The third kappa shape index (κ3) is 80.0. The highest BCUT2D eigenvalue weighted by atomic mass is 31.2. The molecule has 17 nitrogen and oxygen atoms in total. The fourth-order valence-electron chi connectivity index (χ4n) is 10.3. The van der Waals surface area contributed by atoms with Crippen molar-refractivity contribution in [1.29, 1.82) is 0 Å². The first-order valence-electron chi connectivity index (χ1n) is 41.7. The molecule has 110 heavy (non-hydrogen) atoms. The second-order valence-electron chi connectivity index (χ2n) is 26.9. The smallest absolute Gasteiger partial charge is 0.462 e. The van der Waals surface area contributed by atoms with Crippen molar-refractivity contribution >= 4 is 39.5 Å². The minimum atomic E-state index is -5.01. The van der Waals surface area contributed by atoms with Crippen LogP contribution in [0.25, 0.3) is 0 Å². The first kappa shape index (κ1) is 104. The molecule has 0 saturated carbocycles. The number of hydrogen-bond donors (Lipinski definition) is 3. The monoisotopic (exact) mass is 1570 g/mol. The quantitative estimate of drug-likeness (QED) is 0.0169. The number of rotatable bonds is 76. The van der Waals surface area contributed by atoms with Crippen LogP contribution in [0.15, 0.2) is 194 Å². The van der Waals surface area contributed by atoms with E-state index in [0.717, 1.165) is 193 Å². The van der Waals surface area contributed by atoms with Gasteiger partial charge in [-0.3, -0.25) is 37.3 Å². The van der Waals surface area contributed by atoms with Crippen LogP contribution in [0.5, 0.6) is 0 Å². The lowest BCUT2D eigenvalue weighted by Crippen LogP contribution is -2.30. The highest BCUT2D eigenvalue weighted by Gasteiger charge is 2.30. The van der Waals surface area contributed by atoms with Crippen molar-refractivity contribution in [2.45, 2.75) is 316 Å². The molecule has 0 saturated heterocycles. The number of esters is 4. The van der Waals surface area contributed by atoms with Crippen LogP contribution in [0.3, 0.4) is 0 Å². The lowest BCUT2D eigenvalue weighted by Gasteiger charge is -2.21. The van der Waals surface area contributed by atoms with Crippen LogP contribution in [-0.4, -0.2) is 96.7 Å². The average molecular weight is 1570 g/mol. The van der Waals surface area contributed by atoms with Gasteiger partial charge in [-0.1, -0.05) is 293 Å². The summed E-state index contributed by atoms with van der Waals surface area (Å²) in [6.07, 6.45) is 99.8. The zero-order valence-electron chi connectivity index (χ0n) is 68.1. The Morgan fingerprint density at radius 2 is 0.491 bits per heavy atom.